The highest BCUT2D eigenvalue weighted by atomic mass is 19.4. The third kappa shape index (κ3) is 5.69. The molecule has 1 aliphatic heterocycles. The van der Waals surface area contributed by atoms with Gasteiger partial charge < -0.3 is 14.8 Å². The molecule has 6 rings (SSSR count). The molecule has 4 heterocycles. The Morgan fingerprint density at radius 1 is 0.878 bits per heavy atom. The minimum atomic E-state index is -4.53. The molecule has 2 aromatic carbocycles. The first-order chi connectivity index (χ1) is 19.9. The lowest BCUT2D eigenvalue weighted by molar-refractivity contribution is -0.137. The molecule has 0 saturated carbocycles. The van der Waals surface area contributed by atoms with Crippen LogP contribution in [-0.4, -0.2) is 50.0 Å². The van der Waals surface area contributed by atoms with Gasteiger partial charge >= 0.3 is 6.18 Å². The fourth-order valence-electron chi connectivity index (χ4n) is 5.31. The van der Waals surface area contributed by atoms with Gasteiger partial charge in [0.2, 0.25) is 0 Å². The predicted octanol–water partition coefficient (Wildman–Crippen LogP) is 6.53. The Labute approximate surface area is 234 Å². The Kier molecular flexibility index (Phi) is 7.23. The van der Waals surface area contributed by atoms with Crippen molar-refractivity contribution in [1.29, 1.82) is 0 Å². The Hall–Kier alpha value is -4.57. The minimum Gasteiger partial charge on any atom is -0.324 e. The fourth-order valence-corrected chi connectivity index (χ4v) is 5.31. The Morgan fingerprint density at radius 3 is 2.44 bits per heavy atom. The van der Waals surface area contributed by atoms with E-state index in [1.165, 1.54) is 31.3 Å². The number of benzene rings is 2. The van der Waals surface area contributed by atoms with Crippen LogP contribution in [0.4, 0.5) is 18.9 Å². The van der Waals surface area contributed by atoms with Crippen LogP contribution in [0.3, 0.4) is 0 Å². The highest BCUT2D eigenvalue weighted by molar-refractivity contribution is 6.05. The van der Waals surface area contributed by atoms with E-state index in [0.717, 1.165) is 66.2 Å². The van der Waals surface area contributed by atoms with Crippen LogP contribution in [0.2, 0.25) is 0 Å². The maximum atomic E-state index is 13.1. The summed E-state index contributed by atoms with van der Waals surface area (Å²) in [5, 5.41) is 3.58. The molecular formula is C31H27F3N6O. The van der Waals surface area contributed by atoms with E-state index >= 15 is 0 Å². The maximum absolute atomic E-state index is 13.1. The van der Waals surface area contributed by atoms with E-state index in [1.54, 1.807) is 30.6 Å². The molecule has 1 saturated heterocycles. The van der Waals surface area contributed by atoms with E-state index in [1.807, 2.05) is 18.2 Å². The second kappa shape index (κ2) is 11.1. The molecule has 0 radical (unpaired) electrons. The van der Waals surface area contributed by atoms with Crippen molar-refractivity contribution in [3.63, 3.8) is 0 Å². The van der Waals surface area contributed by atoms with E-state index < -0.39 is 17.6 Å². The van der Waals surface area contributed by atoms with Crippen LogP contribution in [0.25, 0.3) is 33.5 Å². The molecule has 5 aromatic rings. The summed E-state index contributed by atoms with van der Waals surface area (Å²) >= 11 is 0. The molecule has 3 aromatic heterocycles. The molecule has 0 unspecified atom stereocenters. The van der Waals surface area contributed by atoms with Gasteiger partial charge in [-0.15, -0.1) is 0 Å². The van der Waals surface area contributed by atoms with Crippen LogP contribution in [0.5, 0.6) is 0 Å². The van der Waals surface area contributed by atoms with Crippen molar-refractivity contribution in [2.24, 2.45) is 0 Å². The zero-order valence-electron chi connectivity index (χ0n) is 22.1. The number of fused-ring (bicyclic) bond motifs is 1. The third-order valence-corrected chi connectivity index (χ3v) is 7.35. The molecule has 208 valence electrons. The number of nitrogens with zero attached hydrogens (tertiary/aromatic N) is 5. The number of aromatic nitrogens is 4. The normalized spacial score (nSPS) is 14.0. The minimum absolute atomic E-state index is 0.0771. The third-order valence-electron chi connectivity index (χ3n) is 7.35. The average molecular weight is 557 g/mol. The quantitative estimate of drug-likeness (QED) is 0.247. The second-order valence-electron chi connectivity index (χ2n) is 10.0. The lowest BCUT2D eigenvalue weighted by Gasteiger charge is -2.17. The van der Waals surface area contributed by atoms with E-state index in [-0.39, 0.29) is 5.56 Å². The van der Waals surface area contributed by atoms with Crippen molar-refractivity contribution in [2.75, 3.05) is 25.0 Å². The number of nitrogens with one attached hydrogen (secondary N) is 1. The largest absolute Gasteiger partial charge is 0.416 e. The molecule has 1 amide bonds. The molecule has 41 heavy (non-hydrogen) atoms. The van der Waals surface area contributed by atoms with Crippen LogP contribution in [0.1, 0.15) is 28.8 Å². The Bertz CT molecular complexity index is 1690. The van der Waals surface area contributed by atoms with Gasteiger partial charge in [-0.3, -0.25) is 9.78 Å². The molecule has 1 N–H and O–H groups in total. The number of carbonyl (C=O) groups is 1. The van der Waals surface area contributed by atoms with E-state index in [9.17, 15) is 18.0 Å². The number of amides is 1. The number of anilines is 1. The number of alkyl halides is 3. The molecule has 7 nitrogen and oxygen atoms in total. The Morgan fingerprint density at radius 2 is 1.66 bits per heavy atom. The fraction of sp³-hybridized carbons (Fsp3) is 0.226. The van der Waals surface area contributed by atoms with Gasteiger partial charge in [-0.1, -0.05) is 18.2 Å². The van der Waals surface area contributed by atoms with Gasteiger partial charge in [-0.2, -0.15) is 13.2 Å². The number of hydrogen-bond donors (Lipinski definition) is 1. The molecule has 0 aliphatic carbocycles. The van der Waals surface area contributed by atoms with Gasteiger partial charge in [-0.25, -0.2) is 9.97 Å². The number of halogens is 3. The summed E-state index contributed by atoms with van der Waals surface area (Å²) in [4.78, 5) is 28.7. The number of rotatable bonds is 7. The van der Waals surface area contributed by atoms with Gasteiger partial charge in [-0.05, 0) is 74.5 Å². The lowest BCUT2D eigenvalue weighted by Crippen LogP contribution is -2.24. The Balaban J connectivity index is 1.34. The summed E-state index contributed by atoms with van der Waals surface area (Å²) in [7, 11) is 0. The molecule has 0 bridgehead atoms. The van der Waals surface area contributed by atoms with Crippen molar-refractivity contribution in [2.45, 2.75) is 25.6 Å². The first kappa shape index (κ1) is 26.6. The lowest BCUT2D eigenvalue weighted by atomic mass is 10.1. The second-order valence-corrected chi connectivity index (χ2v) is 10.0. The van der Waals surface area contributed by atoms with Crippen molar-refractivity contribution >= 4 is 22.6 Å². The van der Waals surface area contributed by atoms with Crippen LogP contribution < -0.4 is 5.32 Å². The topological polar surface area (TPSA) is 75.9 Å². The smallest absolute Gasteiger partial charge is 0.324 e. The van der Waals surface area contributed by atoms with E-state index in [0.29, 0.717) is 11.4 Å². The number of likely N-dealkylation sites (tertiary alicyclic amines) is 1. The van der Waals surface area contributed by atoms with Crippen molar-refractivity contribution in [3.05, 3.63) is 96.6 Å². The summed E-state index contributed by atoms with van der Waals surface area (Å²) in [5.74, 6) is -0.630. The highest BCUT2D eigenvalue weighted by Gasteiger charge is 2.31. The van der Waals surface area contributed by atoms with Crippen LogP contribution >= 0.6 is 0 Å². The molecule has 1 fully saturated rings. The SMILES string of the molecule is O=C(Nc1cccc(-c2ncnc3c2cc(-c2ccncc2)n3CCN2CCCC2)c1)c1cccc(C(F)(F)F)c1. The van der Waals surface area contributed by atoms with Crippen LogP contribution in [0.15, 0.2) is 85.5 Å². The molecule has 10 heteroatoms. The predicted molar refractivity (Wildman–Crippen MR) is 151 cm³/mol. The number of hydrogen-bond acceptors (Lipinski definition) is 5. The molecule has 1 aliphatic rings. The molecular weight excluding hydrogens is 529 g/mol. The van der Waals surface area contributed by atoms with Gasteiger partial charge in [0.1, 0.15) is 12.0 Å². The average Bonchev–Trinajstić information content (AvgIpc) is 3.64. The summed E-state index contributed by atoms with van der Waals surface area (Å²) in [6.07, 6.45) is 2.97. The van der Waals surface area contributed by atoms with E-state index in [2.05, 4.69) is 35.8 Å². The van der Waals surface area contributed by atoms with E-state index in [4.69, 9.17) is 0 Å². The van der Waals surface area contributed by atoms with Crippen molar-refractivity contribution in [3.8, 4) is 22.5 Å². The zero-order chi connectivity index (χ0) is 28.4. The van der Waals surface area contributed by atoms with Gasteiger partial charge in [0.25, 0.3) is 5.91 Å². The summed E-state index contributed by atoms with van der Waals surface area (Å²) < 4.78 is 41.6. The first-order valence-corrected chi connectivity index (χ1v) is 13.4. The van der Waals surface area contributed by atoms with Gasteiger partial charge in [0.15, 0.2) is 0 Å². The molecule has 0 atom stereocenters. The highest BCUT2D eigenvalue weighted by Crippen LogP contribution is 2.34. The van der Waals surface area contributed by atoms with Crippen LogP contribution in [0, 0.1) is 0 Å². The summed E-state index contributed by atoms with van der Waals surface area (Å²) in [5.41, 5.74) is 3.77. The van der Waals surface area contributed by atoms with Gasteiger partial charge in [0.05, 0.1) is 17.0 Å². The monoisotopic (exact) mass is 556 g/mol. The number of carbonyl (C=O) groups excluding carboxylic acids is 1. The van der Waals surface area contributed by atoms with Crippen LogP contribution in [-0.2, 0) is 12.7 Å². The summed E-state index contributed by atoms with van der Waals surface area (Å²) in [6.45, 7) is 3.88. The zero-order valence-corrected chi connectivity index (χ0v) is 22.1. The molecule has 0 spiro atoms. The maximum Gasteiger partial charge on any atom is 0.416 e. The standard InChI is InChI=1S/C31H27F3N6O/c32-31(33,34)24-7-3-6-23(17-24)30(41)38-25-8-4-5-22(18-25)28-26-19-27(21-9-11-35-12-10-21)40(29(26)37-20-36-28)16-15-39-13-1-2-14-39/h3-12,17-20H,1-2,13-16H2,(H,38,41). The van der Waals surface area contributed by atoms with Crippen molar-refractivity contribution in [1.82, 2.24) is 24.4 Å². The summed E-state index contributed by atoms with van der Waals surface area (Å²) in [6, 6.07) is 17.5. The number of pyridine rings is 1. The van der Waals surface area contributed by atoms with Gasteiger partial charge in [0, 0.05) is 53.2 Å². The first-order valence-electron chi connectivity index (χ1n) is 13.4. The van der Waals surface area contributed by atoms with Crippen molar-refractivity contribution < 1.29 is 18.0 Å².